The van der Waals surface area contributed by atoms with Crippen LogP contribution in [0, 0.1) is 0 Å². The first-order valence-corrected chi connectivity index (χ1v) is 5.43. The largest absolute Gasteiger partial charge is 0.335 e. The molecule has 1 aliphatic rings. The van der Waals surface area contributed by atoms with Gasteiger partial charge in [0.15, 0.2) is 6.29 Å². The van der Waals surface area contributed by atoms with Gasteiger partial charge in [-0.3, -0.25) is 4.79 Å². The average Bonchev–Trinajstić information content (AvgIpc) is 2.99. The molecule has 0 aliphatic heterocycles. The highest BCUT2D eigenvalue weighted by molar-refractivity contribution is 6.31. The van der Waals surface area contributed by atoms with E-state index >= 15 is 0 Å². The number of benzene rings is 1. The standard InChI is InChI=1S/C12H10ClNO/c13-9-2-1-8-5-11(7-15)14(10-3-4-10)12(8)6-9/h1-2,5-7,10H,3-4H2. The summed E-state index contributed by atoms with van der Waals surface area (Å²) in [7, 11) is 0. The molecule has 76 valence electrons. The van der Waals surface area contributed by atoms with Crippen LogP contribution in [0.25, 0.3) is 10.9 Å². The second kappa shape index (κ2) is 3.11. The SMILES string of the molecule is O=Cc1cc2ccc(Cl)cc2n1C1CC1. The lowest BCUT2D eigenvalue weighted by molar-refractivity contribution is 0.111. The zero-order valence-electron chi connectivity index (χ0n) is 8.11. The van der Waals surface area contributed by atoms with Gasteiger partial charge < -0.3 is 4.57 Å². The van der Waals surface area contributed by atoms with E-state index in [4.69, 9.17) is 11.6 Å². The van der Waals surface area contributed by atoms with Crippen molar-refractivity contribution in [1.29, 1.82) is 0 Å². The number of aldehydes is 1. The first-order valence-electron chi connectivity index (χ1n) is 5.05. The summed E-state index contributed by atoms with van der Waals surface area (Å²) in [5.74, 6) is 0. The molecule has 0 bridgehead atoms. The van der Waals surface area contributed by atoms with Crippen LogP contribution in [-0.2, 0) is 0 Å². The van der Waals surface area contributed by atoms with E-state index in [-0.39, 0.29) is 0 Å². The fourth-order valence-corrected chi connectivity index (χ4v) is 2.21. The molecule has 0 atom stereocenters. The summed E-state index contributed by atoms with van der Waals surface area (Å²) < 4.78 is 2.11. The van der Waals surface area contributed by atoms with Gasteiger partial charge in [-0.15, -0.1) is 0 Å². The Balaban J connectivity index is 2.34. The van der Waals surface area contributed by atoms with Crippen molar-refractivity contribution in [2.24, 2.45) is 0 Å². The van der Waals surface area contributed by atoms with Gasteiger partial charge in [0.2, 0.25) is 0 Å². The molecule has 15 heavy (non-hydrogen) atoms. The number of hydrogen-bond donors (Lipinski definition) is 0. The zero-order valence-corrected chi connectivity index (χ0v) is 8.87. The molecule has 1 saturated carbocycles. The van der Waals surface area contributed by atoms with Gasteiger partial charge >= 0.3 is 0 Å². The minimum Gasteiger partial charge on any atom is -0.335 e. The van der Waals surface area contributed by atoms with Gasteiger partial charge in [-0.25, -0.2) is 0 Å². The maximum atomic E-state index is 11.0. The number of fused-ring (bicyclic) bond motifs is 1. The van der Waals surface area contributed by atoms with E-state index in [1.54, 1.807) is 0 Å². The Morgan fingerprint density at radius 1 is 1.33 bits per heavy atom. The maximum absolute atomic E-state index is 11.0. The van der Waals surface area contributed by atoms with Crippen molar-refractivity contribution in [3.05, 3.63) is 35.0 Å². The van der Waals surface area contributed by atoms with Crippen molar-refractivity contribution < 1.29 is 4.79 Å². The van der Waals surface area contributed by atoms with Gasteiger partial charge in [0.25, 0.3) is 0 Å². The summed E-state index contributed by atoms with van der Waals surface area (Å²) in [6.07, 6.45) is 3.25. The van der Waals surface area contributed by atoms with Crippen molar-refractivity contribution in [3.63, 3.8) is 0 Å². The van der Waals surface area contributed by atoms with Gasteiger partial charge in [-0.1, -0.05) is 17.7 Å². The molecule has 1 aromatic carbocycles. The van der Waals surface area contributed by atoms with Crippen molar-refractivity contribution in [2.45, 2.75) is 18.9 Å². The lowest BCUT2D eigenvalue weighted by atomic mass is 10.2. The highest BCUT2D eigenvalue weighted by Gasteiger charge is 2.27. The van der Waals surface area contributed by atoms with E-state index in [0.717, 1.165) is 40.7 Å². The molecule has 3 rings (SSSR count). The van der Waals surface area contributed by atoms with E-state index in [1.807, 2.05) is 24.3 Å². The summed E-state index contributed by atoms with van der Waals surface area (Å²) in [6, 6.07) is 8.18. The minimum atomic E-state index is 0.501. The third-order valence-electron chi connectivity index (χ3n) is 2.87. The van der Waals surface area contributed by atoms with Crippen LogP contribution in [0.5, 0.6) is 0 Å². The van der Waals surface area contributed by atoms with Crippen molar-refractivity contribution in [2.75, 3.05) is 0 Å². The Morgan fingerprint density at radius 2 is 2.13 bits per heavy atom. The van der Waals surface area contributed by atoms with E-state index in [1.165, 1.54) is 0 Å². The normalized spacial score (nSPS) is 15.8. The molecule has 1 aliphatic carbocycles. The van der Waals surface area contributed by atoms with E-state index in [0.29, 0.717) is 6.04 Å². The van der Waals surface area contributed by atoms with Crippen molar-refractivity contribution in [1.82, 2.24) is 4.57 Å². The molecular formula is C12H10ClNO. The van der Waals surface area contributed by atoms with Crippen molar-refractivity contribution >= 4 is 28.8 Å². The molecule has 0 radical (unpaired) electrons. The number of halogens is 1. The fourth-order valence-electron chi connectivity index (χ4n) is 2.05. The van der Waals surface area contributed by atoms with Crippen LogP contribution in [0.15, 0.2) is 24.3 Å². The summed E-state index contributed by atoms with van der Waals surface area (Å²) in [5.41, 5.74) is 1.84. The van der Waals surface area contributed by atoms with Crippen LogP contribution in [-0.4, -0.2) is 10.9 Å². The Bertz CT molecular complexity index is 540. The molecule has 3 heteroatoms. The second-order valence-corrected chi connectivity index (χ2v) is 4.43. The first-order chi connectivity index (χ1) is 7.29. The quantitative estimate of drug-likeness (QED) is 0.710. The monoisotopic (exact) mass is 219 g/mol. The Morgan fingerprint density at radius 3 is 2.80 bits per heavy atom. The number of aromatic nitrogens is 1. The molecule has 0 unspecified atom stereocenters. The summed E-state index contributed by atoms with van der Waals surface area (Å²) >= 11 is 5.97. The molecule has 1 heterocycles. The number of rotatable bonds is 2. The van der Waals surface area contributed by atoms with Gasteiger partial charge in [-0.05, 0) is 31.0 Å². The summed E-state index contributed by atoms with van der Waals surface area (Å²) in [4.78, 5) is 11.0. The third-order valence-corrected chi connectivity index (χ3v) is 3.10. The van der Waals surface area contributed by atoms with Crippen LogP contribution >= 0.6 is 11.6 Å². The third kappa shape index (κ3) is 1.37. The Labute approximate surface area is 92.5 Å². The average molecular weight is 220 g/mol. The van der Waals surface area contributed by atoms with Gasteiger partial charge in [0, 0.05) is 16.5 Å². The second-order valence-electron chi connectivity index (χ2n) is 3.99. The molecular weight excluding hydrogens is 210 g/mol. The van der Waals surface area contributed by atoms with Crippen LogP contribution < -0.4 is 0 Å². The number of carbonyl (C=O) groups is 1. The van der Waals surface area contributed by atoms with Crippen LogP contribution in [0.2, 0.25) is 5.02 Å². The highest BCUT2D eigenvalue weighted by atomic mass is 35.5. The Hall–Kier alpha value is -1.28. The number of carbonyl (C=O) groups excluding carboxylic acids is 1. The topological polar surface area (TPSA) is 22.0 Å². The molecule has 0 spiro atoms. The van der Waals surface area contributed by atoms with Crippen LogP contribution in [0.1, 0.15) is 29.4 Å². The van der Waals surface area contributed by atoms with Gasteiger partial charge in [-0.2, -0.15) is 0 Å². The molecule has 2 aromatic rings. The number of hydrogen-bond acceptors (Lipinski definition) is 1. The van der Waals surface area contributed by atoms with E-state index < -0.39 is 0 Å². The summed E-state index contributed by atoms with van der Waals surface area (Å²) in [5, 5.41) is 1.81. The molecule has 1 aromatic heterocycles. The van der Waals surface area contributed by atoms with E-state index in [2.05, 4.69) is 4.57 Å². The van der Waals surface area contributed by atoms with Gasteiger partial charge in [0.1, 0.15) is 0 Å². The Kier molecular flexibility index (Phi) is 1.86. The first kappa shape index (κ1) is 8.98. The predicted molar refractivity (Wildman–Crippen MR) is 60.6 cm³/mol. The smallest absolute Gasteiger partial charge is 0.166 e. The lowest BCUT2D eigenvalue weighted by Gasteiger charge is -2.04. The molecule has 0 saturated heterocycles. The lowest BCUT2D eigenvalue weighted by Crippen LogP contribution is -1.98. The van der Waals surface area contributed by atoms with Crippen molar-refractivity contribution in [3.8, 4) is 0 Å². The van der Waals surface area contributed by atoms with Gasteiger partial charge in [0.05, 0.1) is 11.2 Å². The molecule has 0 amide bonds. The predicted octanol–water partition coefficient (Wildman–Crippen LogP) is 3.44. The van der Waals surface area contributed by atoms with E-state index in [9.17, 15) is 4.79 Å². The maximum Gasteiger partial charge on any atom is 0.166 e. The zero-order chi connectivity index (χ0) is 10.4. The molecule has 0 N–H and O–H groups in total. The van der Waals surface area contributed by atoms with Crippen LogP contribution in [0.4, 0.5) is 0 Å². The summed E-state index contributed by atoms with van der Waals surface area (Å²) in [6.45, 7) is 0. The molecule has 1 fully saturated rings. The highest BCUT2D eigenvalue weighted by Crippen LogP contribution is 2.39. The van der Waals surface area contributed by atoms with Crippen LogP contribution in [0.3, 0.4) is 0 Å². The minimum absolute atomic E-state index is 0.501. The molecule has 2 nitrogen and oxygen atoms in total. The fraction of sp³-hybridized carbons (Fsp3) is 0.250. The number of nitrogens with zero attached hydrogens (tertiary/aromatic N) is 1.